The minimum atomic E-state index is 0.0592. The number of benzene rings is 2. The normalized spacial score (nSPS) is 21.5. The number of hydrogen-bond acceptors (Lipinski definition) is 10. The van der Waals surface area contributed by atoms with Crippen LogP contribution in [-0.4, -0.2) is 108 Å². The van der Waals surface area contributed by atoms with Gasteiger partial charge in [-0.2, -0.15) is 0 Å². The number of nitrogens with one attached hydrogen (secondary N) is 2. The number of hydrogen-bond donors (Lipinski definition) is 2. The monoisotopic (exact) mass is 823 g/mol. The van der Waals surface area contributed by atoms with Gasteiger partial charge in [0, 0.05) is 95.1 Å². The van der Waals surface area contributed by atoms with E-state index in [1.807, 2.05) is 35.1 Å². The van der Waals surface area contributed by atoms with Gasteiger partial charge in [0.15, 0.2) is 0 Å². The van der Waals surface area contributed by atoms with E-state index in [9.17, 15) is 9.59 Å². The van der Waals surface area contributed by atoms with Crippen LogP contribution in [0.4, 0.5) is 0 Å². The summed E-state index contributed by atoms with van der Waals surface area (Å²) in [6.45, 7) is 15.9. The van der Waals surface area contributed by atoms with E-state index in [1.54, 1.807) is 0 Å². The second-order valence-electron chi connectivity index (χ2n) is 17.5. The lowest BCUT2D eigenvalue weighted by molar-refractivity contribution is -0.123. The van der Waals surface area contributed by atoms with Crippen molar-refractivity contribution in [2.24, 2.45) is 11.8 Å². The van der Waals surface area contributed by atoms with Gasteiger partial charge in [0.1, 0.15) is 0 Å². The number of nitrogens with zero attached hydrogens (tertiary/aromatic N) is 5. The molecule has 2 aromatic heterocycles. The number of carbonyl (C=O) groups excluding carboxylic acids is 2. The van der Waals surface area contributed by atoms with Gasteiger partial charge >= 0.3 is 0 Å². The molecule has 3 atom stereocenters. The third-order valence-corrected chi connectivity index (χ3v) is 15.4. The molecule has 1 saturated carbocycles. The van der Waals surface area contributed by atoms with Crippen molar-refractivity contribution in [2.75, 3.05) is 59.0 Å². The molecule has 12 heteroatoms. The molecule has 3 saturated heterocycles. The molecule has 4 aliphatic rings. The number of morpholine rings is 1. The van der Waals surface area contributed by atoms with Crippen LogP contribution in [-0.2, 0) is 27.4 Å². The summed E-state index contributed by atoms with van der Waals surface area (Å²) in [6.07, 6.45) is 10.7. The lowest BCUT2D eigenvalue weighted by Crippen LogP contribution is -2.50. The Kier molecular flexibility index (Phi) is 13.7. The van der Waals surface area contributed by atoms with E-state index < -0.39 is 0 Å². The van der Waals surface area contributed by atoms with Crippen LogP contribution in [0.3, 0.4) is 0 Å². The largest absolute Gasteiger partial charge is 0.379 e. The molecule has 4 fully saturated rings. The van der Waals surface area contributed by atoms with Crippen molar-refractivity contribution in [3.63, 3.8) is 0 Å². The van der Waals surface area contributed by atoms with E-state index in [-0.39, 0.29) is 11.8 Å². The summed E-state index contributed by atoms with van der Waals surface area (Å²) in [5, 5.41) is 8.71. The molecule has 58 heavy (non-hydrogen) atoms. The summed E-state index contributed by atoms with van der Waals surface area (Å²) in [6, 6.07) is 18.3. The molecule has 5 heterocycles. The van der Waals surface area contributed by atoms with E-state index in [2.05, 4.69) is 94.6 Å². The highest BCUT2D eigenvalue weighted by Crippen LogP contribution is 2.40. The Bertz CT molecular complexity index is 1950. The minimum absolute atomic E-state index is 0.0592. The number of aromatic nitrogens is 2. The molecule has 2 aromatic carbocycles. The van der Waals surface area contributed by atoms with Gasteiger partial charge in [-0.25, -0.2) is 9.97 Å². The Balaban J connectivity index is 0.694. The number of carbonyl (C=O) groups is 2. The van der Waals surface area contributed by atoms with Gasteiger partial charge < -0.3 is 15.4 Å². The van der Waals surface area contributed by atoms with Gasteiger partial charge in [-0.05, 0) is 74.1 Å². The Hall–Kier alpha value is -3.52. The highest BCUT2D eigenvalue weighted by atomic mass is 32.1. The Morgan fingerprint density at radius 2 is 1.28 bits per heavy atom. The third-order valence-electron chi connectivity index (χ3n) is 12.9. The molecular weight excluding hydrogens is 763 g/mol. The van der Waals surface area contributed by atoms with E-state index >= 15 is 0 Å². The zero-order valence-electron chi connectivity index (χ0n) is 34.5. The lowest BCUT2D eigenvalue weighted by Gasteiger charge is -2.43. The topological polar surface area (TPSA) is 103 Å². The number of ether oxygens (including phenoxy) is 1. The molecule has 0 bridgehead atoms. The van der Waals surface area contributed by atoms with E-state index in [0.29, 0.717) is 69.1 Å². The third kappa shape index (κ3) is 10.6. The van der Waals surface area contributed by atoms with E-state index in [1.165, 1.54) is 56.6 Å². The number of likely N-dealkylation sites (tertiary alicyclic amines) is 2. The van der Waals surface area contributed by atoms with Crippen LogP contribution >= 0.6 is 22.7 Å². The molecule has 2 amide bonds. The van der Waals surface area contributed by atoms with Crippen molar-refractivity contribution in [1.29, 1.82) is 0 Å². The average molecular weight is 824 g/mol. The maximum Gasteiger partial charge on any atom is 0.234 e. The highest BCUT2D eigenvalue weighted by Gasteiger charge is 2.36. The van der Waals surface area contributed by atoms with Gasteiger partial charge in [0.05, 0.1) is 39.5 Å². The van der Waals surface area contributed by atoms with E-state index in [0.717, 1.165) is 62.7 Å². The van der Waals surface area contributed by atoms with Crippen LogP contribution in [0, 0.1) is 11.8 Å². The standard InChI is InChI=1S/C46H61N7O3S2/c1-31(2)52-26-39(27-52)45-49-24-41(57-45)37-11-6-34(7-12-37)22-47-43(54)15-10-33-4-5-36(21-33)20-32(3)53-28-40(29-53)46-50-25-42(58-46)38-13-8-35(9-14-38)23-48-44(55)30-51-16-18-56-19-17-51/h6-9,11-14,24-25,31-33,36,39-40H,4-5,10,15-23,26-30H2,1-3H3,(H,47,54)(H,48,55). The molecule has 0 radical (unpaired) electrons. The maximum absolute atomic E-state index is 12.8. The van der Waals surface area contributed by atoms with Crippen LogP contribution in [0.2, 0.25) is 0 Å². The molecule has 4 aromatic rings. The fraction of sp³-hybridized carbons (Fsp3) is 0.565. The van der Waals surface area contributed by atoms with Gasteiger partial charge in [0.25, 0.3) is 0 Å². The summed E-state index contributed by atoms with van der Waals surface area (Å²) in [5.41, 5.74) is 4.62. The van der Waals surface area contributed by atoms with Crippen molar-refractivity contribution < 1.29 is 14.3 Å². The Morgan fingerprint density at radius 3 is 1.84 bits per heavy atom. The van der Waals surface area contributed by atoms with Gasteiger partial charge in [0.2, 0.25) is 11.8 Å². The molecule has 8 rings (SSSR count). The molecule has 0 spiro atoms. The van der Waals surface area contributed by atoms with Crippen molar-refractivity contribution in [2.45, 2.75) is 96.3 Å². The molecule has 3 unspecified atom stereocenters. The zero-order chi connectivity index (χ0) is 40.0. The minimum Gasteiger partial charge on any atom is -0.379 e. The smallest absolute Gasteiger partial charge is 0.234 e. The molecule has 2 N–H and O–H groups in total. The Morgan fingerprint density at radius 1 is 0.741 bits per heavy atom. The summed E-state index contributed by atoms with van der Waals surface area (Å²) < 4.78 is 5.37. The molecule has 10 nitrogen and oxygen atoms in total. The first-order valence-electron chi connectivity index (χ1n) is 21.6. The first-order chi connectivity index (χ1) is 28.2. The average Bonchev–Trinajstić information content (AvgIpc) is 3.98. The molecule has 310 valence electrons. The second-order valence-corrected chi connectivity index (χ2v) is 19.6. The highest BCUT2D eigenvalue weighted by molar-refractivity contribution is 7.15. The predicted octanol–water partition coefficient (Wildman–Crippen LogP) is 7.38. The molecule has 1 aliphatic carbocycles. The maximum atomic E-state index is 12.8. The van der Waals surface area contributed by atoms with Crippen molar-refractivity contribution >= 4 is 34.5 Å². The molecule has 3 aliphatic heterocycles. The van der Waals surface area contributed by atoms with Gasteiger partial charge in [-0.15, -0.1) is 22.7 Å². The van der Waals surface area contributed by atoms with Crippen LogP contribution in [0.15, 0.2) is 60.9 Å². The van der Waals surface area contributed by atoms with Crippen LogP contribution in [0.1, 0.15) is 92.3 Å². The van der Waals surface area contributed by atoms with Gasteiger partial charge in [-0.1, -0.05) is 61.4 Å². The summed E-state index contributed by atoms with van der Waals surface area (Å²) >= 11 is 3.63. The van der Waals surface area contributed by atoms with Crippen molar-refractivity contribution in [3.8, 4) is 20.9 Å². The van der Waals surface area contributed by atoms with Crippen LogP contribution < -0.4 is 10.6 Å². The number of rotatable bonds is 17. The first kappa shape index (κ1) is 41.2. The summed E-state index contributed by atoms with van der Waals surface area (Å²) in [7, 11) is 0. The van der Waals surface area contributed by atoms with Crippen LogP contribution in [0.25, 0.3) is 20.9 Å². The quantitative estimate of drug-likeness (QED) is 0.114. The van der Waals surface area contributed by atoms with Crippen molar-refractivity contribution in [3.05, 3.63) is 82.1 Å². The fourth-order valence-corrected chi connectivity index (χ4v) is 11.1. The lowest BCUT2D eigenvalue weighted by atomic mass is 9.91. The second kappa shape index (κ2) is 19.2. The molecular formula is C46H61N7O3S2. The van der Waals surface area contributed by atoms with Gasteiger partial charge in [-0.3, -0.25) is 24.3 Å². The van der Waals surface area contributed by atoms with Crippen LogP contribution in [0.5, 0.6) is 0 Å². The number of amides is 2. The fourth-order valence-electron chi connectivity index (χ4n) is 9.04. The zero-order valence-corrected chi connectivity index (χ0v) is 36.2. The SMILES string of the molecule is CC(C)N1CC(c2ncc(-c3ccc(CNC(=O)CCC4CCC(CC(C)N5CC(c6ncc(-c7ccc(CNC(=O)CN8CCOCC8)cc7)s6)C5)C4)cc3)s2)C1. The first-order valence-corrected chi connectivity index (χ1v) is 23.3. The predicted molar refractivity (Wildman–Crippen MR) is 234 cm³/mol. The summed E-state index contributed by atoms with van der Waals surface area (Å²) in [5.74, 6) is 2.71. The summed E-state index contributed by atoms with van der Waals surface area (Å²) in [4.78, 5) is 44.5. The van der Waals surface area contributed by atoms with E-state index in [4.69, 9.17) is 14.7 Å². The van der Waals surface area contributed by atoms with Crippen molar-refractivity contribution in [1.82, 2.24) is 35.3 Å². The number of thiazole rings is 2. The Labute approximate surface area is 352 Å².